The molecule has 2 rings (SSSR count). The van der Waals surface area contributed by atoms with Crippen molar-refractivity contribution in [3.63, 3.8) is 0 Å². The van der Waals surface area contributed by atoms with Gasteiger partial charge in [0.25, 0.3) is 5.91 Å². The molecule has 1 aliphatic heterocycles. The van der Waals surface area contributed by atoms with E-state index >= 15 is 0 Å². The summed E-state index contributed by atoms with van der Waals surface area (Å²) < 4.78 is 0. The number of thiophene rings is 1. The third-order valence-electron chi connectivity index (χ3n) is 2.82. The number of likely N-dealkylation sites (tertiary alicyclic amines) is 1. The van der Waals surface area contributed by atoms with E-state index in [0.717, 1.165) is 9.75 Å². The molecule has 0 aliphatic carbocycles. The molecule has 0 spiro atoms. The van der Waals surface area contributed by atoms with Gasteiger partial charge in [-0.3, -0.25) is 4.79 Å². The molecular formula is C11H15NO3S. The molecule has 0 radical (unpaired) electrons. The Hall–Kier alpha value is -0.910. The van der Waals surface area contributed by atoms with Gasteiger partial charge >= 0.3 is 0 Å². The van der Waals surface area contributed by atoms with Crippen molar-refractivity contribution in [3.8, 4) is 0 Å². The summed E-state index contributed by atoms with van der Waals surface area (Å²) in [6, 6.07) is 1.86. The molecule has 2 heterocycles. The van der Waals surface area contributed by atoms with Crippen molar-refractivity contribution >= 4 is 17.2 Å². The Labute approximate surface area is 98.1 Å². The van der Waals surface area contributed by atoms with E-state index in [0.29, 0.717) is 5.56 Å². The van der Waals surface area contributed by atoms with Gasteiger partial charge in [0.1, 0.15) is 0 Å². The van der Waals surface area contributed by atoms with Crippen LogP contribution in [0.3, 0.4) is 0 Å². The largest absolute Gasteiger partial charge is 0.388 e. The highest BCUT2D eigenvalue weighted by Gasteiger charge is 2.33. The molecule has 4 nitrogen and oxygen atoms in total. The maximum atomic E-state index is 12.1. The Morgan fingerprint density at radius 3 is 2.38 bits per heavy atom. The van der Waals surface area contributed by atoms with Crippen LogP contribution in [0, 0.1) is 13.8 Å². The zero-order valence-electron chi connectivity index (χ0n) is 9.30. The van der Waals surface area contributed by atoms with Gasteiger partial charge in [-0.05, 0) is 19.9 Å². The normalized spacial score (nSPS) is 25.1. The molecule has 5 heteroatoms. The molecule has 2 atom stereocenters. The minimum atomic E-state index is -0.816. The van der Waals surface area contributed by atoms with Crippen LogP contribution in [-0.4, -0.2) is 46.3 Å². The fraction of sp³-hybridized carbons (Fsp3) is 0.545. The molecule has 1 fully saturated rings. The predicted octanol–water partition coefficient (Wildman–Crippen LogP) is 0.543. The minimum Gasteiger partial charge on any atom is -0.388 e. The average Bonchev–Trinajstić information content (AvgIpc) is 2.70. The lowest BCUT2D eigenvalue weighted by atomic mass is 10.2. The van der Waals surface area contributed by atoms with E-state index in [1.54, 1.807) is 11.3 Å². The van der Waals surface area contributed by atoms with Gasteiger partial charge in [0.15, 0.2) is 0 Å². The second-order valence-electron chi connectivity index (χ2n) is 4.17. The number of aliphatic hydroxyl groups is 2. The third-order valence-corrected chi connectivity index (χ3v) is 3.78. The lowest BCUT2D eigenvalue weighted by molar-refractivity contribution is 0.0572. The molecule has 0 saturated carbocycles. The maximum Gasteiger partial charge on any atom is 0.255 e. The number of hydrogen-bond acceptors (Lipinski definition) is 4. The van der Waals surface area contributed by atoms with E-state index < -0.39 is 12.2 Å². The van der Waals surface area contributed by atoms with Gasteiger partial charge in [-0.15, -0.1) is 11.3 Å². The summed E-state index contributed by atoms with van der Waals surface area (Å²) in [5, 5.41) is 18.8. The van der Waals surface area contributed by atoms with Crippen LogP contribution in [-0.2, 0) is 0 Å². The second-order valence-corrected chi connectivity index (χ2v) is 5.63. The van der Waals surface area contributed by atoms with E-state index in [1.807, 2.05) is 19.9 Å². The van der Waals surface area contributed by atoms with Crippen molar-refractivity contribution in [3.05, 3.63) is 21.4 Å². The molecule has 0 bridgehead atoms. The summed E-state index contributed by atoms with van der Waals surface area (Å²) in [5.41, 5.74) is 0.684. The topological polar surface area (TPSA) is 60.8 Å². The van der Waals surface area contributed by atoms with E-state index in [9.17, 15) is 15.0 Å². The van der Waals surface area contributed by atoms with E-state index in [-0.39, 0.29) is 19.0 Å². The average molecular weight is 241 g/mol. The Morgan fingerprint density at radius 2 is 1.94 bits per heavy atom. The standard InChI is InChI=1S/C11H15NO3S/c1-6-3-8(7(2)16-6)11(15)12-4-9(13)10(14)5-12/h3,9-10,13-14H,4-5H2,1-2H3/t9-,10+. The van der Waals surface area contributed by atoms with Crippen LogP contribution in [0.2, 0.25) is 0 Å². The van der Waals surface area contributed by atoms with Crippen molar-refractivity contribution in [2.75, 3.05) is 13.1 Å². The third kappa shape index (κ3) is 1.98. The van der Waals surface area contributed by atoms with Gasteiger partial charge in [0.05, 0.1) is 17.8 Å². The molecule has 1 aliphatic rings. The van der Waals surface area contributed by atoms with Crippen LogP contribution in [0.25, 0.3) is 0 Å². The van der Waals surface area contributed by atoms with Crippen molar-refractivity contribution in [1.82, 2.24) is 4.90 Å². The number of nitrogens with zero attached hydrogens (tertiary/aromatic N) is 1. The number of hydrogen-bond donors (Lipinski definition) is 2. The zero-order chi connectivity index (χ0) is 11.9. The number of β-amino-alcohol motifs (C(OH)–C–C–N with tert-alkyl or cyclic N) is 2. The summed E-state index contributed by atoms with van der Waals surface area (Å²) in [6.07, 6.45) is -1.63. The van der Waals surface area contributed by atoms with E-state index in [2.05, 4.69) is 0 Å². The monoisotopic (exact) mass is 241 g/mol. The summed E-state index contributed by atoms with van der Waals surface area (Å²) in [7, 11) is 0. The van der Waals surface area contributed by atoms with Gasteiger partial charge < -0.3 is 15.1 Å². The van der Waals surface area contributed by atoms with Gasteiger partial charge in [0.2, 0.25) is 0 Å². The summed E-state index contributed by atoms with van der Waals surface area (Å²) in [4.78, 5) is 15.7. The summed E-state index contributed by atoms with van der Waals surface area (Å²) in [6.45, 7) is 4.30. The van der Waals surface area contributed by atoms with E-state index in [1.165, 1.54) is 4.90 Å². The first-order chi connectivity index (χ1) is 7.49. The van der Waals surface area contributed by atoms with Crippen LogP contribution in [0.5, 0.6) is 0 Å². The van der Waals surface area contributed by atoms with Gasteiger partial charge in [0, 0.05) is 22.8 Å². The first-order valence-corrected chi connectivity index (χ1v) is 6.03. The maximum absolute atomic E-state index is 12.1. The van der Waals surface area contributed by atoms with Gasteiger partial charge in [-0.1, -0.05) is 0 Å². The Morgan fingerprint density at radius 1 is 1.38 bits per heavy atom. The van der Waals surface area contributed by atoms with Crippen molar-refractivity contribution in [2.45, 2.75) is 26.1 Å². The first-order valence-electron chi connectivity index (χ1n) is 5.21. The Bertz CT molecular complexity index is 405. The lowest BCUT2D eigenvalue weighted by Crippen LogP contribution is -2.29. The SMILES string of the molecule is Cc1cc(C(=O)N2C[C@@H](O)[C@@H](O)C2)c(C)s1. The van der Waals surface area contributed by atoms with Gasteiger partial charge in [-0.2, -0.15) is 0 Å². The molecule has 1 amide bonds. The highest BCUT2D eigenvalue weighted by molar-refractivity contribution is 7.12. The first kappa shape index (κ1) is 11.6. The van der Waals surface area contributed by atoms with Crippen LogP contribution in [0.4, 0.5) is 0 Å². The smallest absolute Gasteiger partial charge is 0.255 e. The number of rotatable bonds is 1. The molecule has 2 N–H and O–H groups in total. The molecule has 0 unspecified atom stereocenters. The predicted molar refractivity (Wildman–Crippen MR) is 61.7 cm³/mol. The Kier molecular flexibility index (Phi) is 3.01. The lowest BCUT2D eigenvalue weighted by Gasteiger charge is -2.14. The molecule has 16 heavy (non-hydrogen) atoms. The molecule has 1 saturated heterocycles. The quantitative estimate of drug-likeness (QED) is 0.754. The summed E-state index contributed by atoms with van der Waals surface area (Å²) >= 11 is 1.59. The molecular weight excluding hydrogens is 226 g/mol. The van der Waals surface area contributed by atoms with Crippen LogP contribution in [0.1, 0.15) is 20.1 Å². The molecule has 0 aromatic carbocycles. The van der Waals surface area contributed by atoms with Crippen LogP contribution in [0.15, 0.2) is 6.07 Å². The molecule has 88 valence electrons. The number of aliphatic hydroxyl groups excluding tert-OH is 2. The number of amides is 1. The summed E-state index contributed by atoms with van der Waals surface area (Å²) in [5.74, 6) is -0.0996. The highest BCUT2D eigenvalue weighted by atomic mass is 32.1. The number of carbonyl (C=O) groups excluding carboxylic acids is 1. The number of aryl methyl sites for hydroxylation is 2. The van der Waals surface area contributed by atoms with Crippen molar-refractivity contribution in [2.24, 2.45) is 0 Å². The number of carbonyl (C=O) groups is 1. The highest BCUT2D eigenvalue weighted by Crippen LogP contribution is 2.23. The fourth-order valence-corrected chi connectivity index (χ4v) is 2.86. The van der Waals surface area contributed by atoms with Gasteiger partial charge in [-0.25, -0.2) is 0 Å². The van der Waals surface area contributed by atoms with Crippen LogP contribution >= 0.6 is 11.3 Å². The second kappa shape index (κ2) is 4.16. The van der Waals surface area contributed by atoms with Crippen molar-refractivity contribution in [1.29, 1.82) is 0 Å². The molecule has 1 aromatic heterocycles. The van der Waals surface area contributed by atoms with Crippen LogP contribution < -0.4 is 0 Å². The fourth-order valence-electron chi connectivity index (χ4n) is 1.95. The van der Waals surface area contributed by atoms with Crippen molar-refractivity contribution < 1.29 is 15.0 Å². The Balaban J connectivity index is 2.17. The van der Waals surface area contributed by atoms with E-state index in [4.69, 9.17) is 0 Å². The zero-order valence-corrected chi connectivity index (χ0v) is 10.1. The minimum absolute atomic E-state index is 0.0996. The molecule has 1 aromatic rings.